The van der Waals surface area contributed by atoms with Gasteiger partial charge in [-0.05, 0) is 25.7 Å². The van der Waals surface area contributed by atoms with Crippen LogP contribution in [0.1, 0.15) is 58.3 Å². The van der Waals surface area contributed by atoms with Gasteiger partial charge in [-0.3, -0.25) is 0 Å². The highest BCUT2D eigenvalue weighted by molar-refractivity contribution is 5.85. The van der Waals surface area contributed by atoms with E-state index in [0.29, 0.717) is 0 Å². The Morgan fingerprint density at radius 2 is 1.75 bits per heavy atom. The first-order chi connectivity index (χ1) is 9.55. The zero-order valence-corrected chi connectivity index (χ0v) is 12.5. The molecule has 2 atom stereocenters. The third kappa shape index (κ3) is 4.60. The molecule has 0 aliphatic heterocycles. The first-order valence-corrected chi connectivity index (χ1v) is 7.70. The Kier molecular flexibility index (Phi) is 7.24. The summed E-state index contributed by atoms with van der Waals surface area (Å²) in [6.45, 7) is 1.47. The first kappa shape index (κ1) is 17.2. The van der Waals surface area contributed by atoms with Gasteiger partial charge in [0.2, 0.25) is 0 Å². The fourth-order valence-corrected chi connectivity index (χ4v) is 3.25. The van der Waals surface area contributed by atoms with Crippen LogP contribution in [-0.4, -0.2) is 34.5 Å². The highest BCUT2D eigenvalue weighted by Gasteiger charge is 2.36. The van der Waals surface area contributed by atoms with Gasteiger partial charge < -0.3 is 15.3 Å². The van der Waals surface area contributed by atoms with Gasteiger partial charge in [0.05, 0.1) is 6.61 Å². The maximum atomic E-state index is 11.1. The van der Waals surface area contributed by atoms with Crippen molar-refractivity contribution in [2.75, 3.05) is 13.2 Å². The van der Waals surface area contributed by atoms with E-state index in [2.05, 4.69) is 0 Å². The Bertz CT molecular complexity index is 337. The molecule has 0 spiro atoms. The number of aliphatic carboxylic acids is 1. The quantitative estimate of drug-likeness (QED) is 0.694. The molecule has 1 saturated carbocycles. The van der Waals surface area contributed by atoms with Crippen molar-refractivity contribution < 1.29 is 20.1 Å². The minimum absolute atomic E-state index is 0.00393. The van der Waals surface area contributed by atoms with Gasteiger partial charge in [-0.1, -0.05) is 44.6 Å². The van der Waals surface area contributed by atoms with Crippen molar-refractivity contribution in [1.29, 1.82) is 0 Å². The summed E-state index contributed by atoms with van der Waals surface area (Å²) in [5, 5.41) is 28.7. The van der Waals surface area contributed by atoms with E-state index in [0.717, 1.165) is 38.5 Å². The van der Waals surface area contributed by atoms with Crippen LogP contribution in [0.4, 0.5) is 0 Å². The molecule has 4 heteroatoms. The molecule has 116 valence electrons. The fraction of sp³-hybridized carbons (Fsp3) is 0.812. The number of hydrogen-bond acceptors (Lipinski definition) is 3. The lowest BCUT2D eigenvalue weighted by molar-refractivity contribution is -0.132. The van der Waals surface area contributed by atoms with Crippen molar-refractivity contribution in [2.45, 2.75) is 58.3 Å². The second-order valence-electron chi connectivity index (χ2n) is 6.06. The zero-order valence-electron chi connectivity index (χ0n) is 12.5. The van der Waals surface area contributed by atoms with E-state index in [9.17, 15) is 15.0 Å². The molecule has 0 aromatic carbocycles. The van der Waals surface area contributed by atoms with Gasteiger partial charge >= 0.3 is 5.97 Å². The highest BCUT2D eigenvalue weighted by Crippen LogP contribution is 2.40. The van der Waals surface area contributed by atoms with E-state index in [1.807, 2.05) is 0 Å². The topological polar surface area (TPSA) is 77.8 Å². The molecule has 1 rings (SSSR count). The van der Waals surface area contributed by atoms with Gasteiger partial charge in [0.25, 0.3) is 0 Å². The van der Waals surface area contributed by atoms with E-state index >= 15 is 0 Å². The predicted molar refractivity (Wildman–Crippen MR) is 78.4 cm³/mol. The van der Waals surface area contributed by atoms with E-state index in [1.165, 1.54) is 12.8 Å². The molecule has 0 bridgehead atoms. The second-order valence-corrected chi connectivity index (χ2v) is 6.06. The maximum Gasteiger partial charge on any atom is 0.330 e. The number of aliphatic hydroxyl groups excluding tert-OH is 2. The van der Waals surface area contributed by atoms with Crippen LogP contribution in [0.25, 0.3) is 0 Å². The highest BCUT2D eigenvalue weighted by atomic mass is 16.4. The molecule has 1 aliphatic carbocycles. The van der Waals surface area contributed by atoms with E-state index in [1.54, 1.807) is 13.0 Å². The zero-order chi connectivity index (χ0) is 15.0. The molecule has 20 heavy (non-hydrogen) atoms. The Balaban J connectivity index is 3.02. The molecular formula is C16H28O4. The van der Waals surface area contributed by atoms with E-state index in [-0.39, 0.29) is 24.7 Å². The van der Waals surface area contributed by atoms with Gasteiger partial charge in [0.15, 0.2) is 0 Å². The molecule has 0 heterocycles. The molecule has 0 aromatic rings. The Hall–Kier alpha value is -0.870. The lowest BCUT2D eigenvalue weighted by atomic mass is 9.69. The van der Waals surface area contributed by atoms with Crippen molar-refractivity contribution in [1.82, 2.24) is 0 Å². The fourth-order valence-electron chi connectivity index (χ4n) is 3.25. The van der Waals surface area contributed by atoms with Gasteiger partial charge in [-0.15, -0.1) is 0 Å². The van der Waals surface area contributed by atoms with Crippen LogP contribution < -0.4 is 0 Å². The van der Waals surface area contributed by atoms with Crippen LogP contribution in [0.15, 0.2) is 11.6 Å². The first-order valence-electron chi connectivity index (χ1n) is 7.70. The van der Waals surface area contributed by atoms with Crippen LogP contribution >= 0.6 is 0 Å². The number of aliphatic hydroxyl groups is 2. The summed E-state index contributed by atoms with van der Waals surface area (Å²) in [6.07, 6.45) is 9.99. The third-order valence-electron chi connectivity index (χ3n) is 4.61. The largest absolute Gasteiger partial charge is 0.478 e. The minimum Gasteiger partial charge on any atom is -0.478 e. The lowest BCUT2D eigenvalue weighted by Crippen LogP contribution is -2.36. The summed E-state index contributed by atoms with van der Waals surface area (Å²) in [7, 11) is 0. The Labute approximate surface area is 121 Å². The molecule has 1 fully saturated rings. The number of carboxylic acid groups (broad SMARTS) is 1. The summed E-state index contributed by atoms with van der Waals surface area (Å²) in [5.74, 6) is -1.01. The van der Waals surface area contributed by atoms with E-state index < -0.39 is 11.4 Å². The molecular weight excluding hydrogens is 256 g/mol. The molecule has 0 radical (unpaired) electrons. The number of hydrogen-bond donors (Lipinski definition) is 3. The van der Waals surface area contributed by atoms with Crippen molar-refractivity contribution in [2.24, 2.45) is 11.3 Å². The average Bonchev–Trinajstić information content (AvgIpc) is 2.44. The van der Waals surface area contributed by atoms with Gasteiger partial charge in [0.1, 0.15) is 0 Å². The smallest absolute Gasteiger partial charge is 0.330 e. The van der Waals surface area contributed by atoms with Crippen LogP contribution in [0, 0.1) is 11.3 Å². The van der Waals surface area contributed by atoms with Crippen LogP contribution in [0.2, 0.25) is 0 Å². The molecule has 0 saturated heterocycles. The van der Waals surface area contributed by atoms with Crippen molar-refractivity contribution in [3.8, 4) is 0 Å². The molecule has 0 amide bonds. The third-order valence-corrected chi connectivity index (χ3v) is 4.61. The van der Waals surface area contributed by atoms with Crippen LogP contribution in [0.3, 0.4) is 0 Å². The van der Waals surface area contributed by atoms with Gasteiger partial charge in [-0.2, -0.15) is 0 Å². The van der Waals surface area contributed by atoms with Crippen molar-refractivity contribution >= 4 is 5.97 Å². The Morgan fingerprint density at radius 3 is 2.30 bits per heavy atom. The van der Waals surface area contributed by atoms with Crippen molar-refractivity contribution in [3.63, 3.8) is 0 Å². The average molecular weight is 284 g/mol. The molecule has 4 nitrogen and oxygen atoms in total. The summed E-state index contributed by atoms with van der Waals surface area (Å²) in [5.41, 5.74) is -0.330. The lowest BCUT2D eigenvalue weighted by Gasteiger charge is -2.37. The summed E-state index contributed by atoms with van der Waals surface area (Å²) in [6, 6.07) is 0. The Morgan fingerprint density at radius 1 is 1.15 bits per heavy atom. The monoisotopic (exact) mass is 284 g/mol. The normalized spacial score (nSPS) is 29.9. The molecule has 2 unspecified atom stereocenters. The minimum atomic E-state index is -0.952. The predicted octanol–water partition coefficient (Wildman–Crippen LogP) is 2.74. The maximum absolute atomic E-state index is 11.1. The molecule has 3 N–H and O–H groups in total. The van der Waals surface area contributed by atoms with Crippen molar-refractivity contribution in [3.05, 3.63) is 11.6 Å². The molecule has 1 aliphatic rings. The van der Waals surface area contributed by atoms with Gasteiger partial charge in [-0.25, -0.2) is 4.79 Å². The SMILES string of the molecule is CC(=CC1(CO)CCCCCCCCC1CO)C(=O)O. The van der Waals surface area contributed by atoms with Gasteiger partial charge in [0, 0.05) is 17.6 Å². The van der Waals surface area contributed by atoms with Crippen LogP contribution in [0.5, 0.6) is 0 Å². The van der Waals surface area contributed by atoms with Crippen LogP contribution in [-0.2, 0) is 4.79 Å². The summed E-state index contributed by atoms with van der Waals surface area (Å²) >= 11 is 0. The summed E-state index contributed by atoms with van der Waals surface area (Å²) in [4.78, 5) is 11.1. The second kappa shape index (κ2) is 8.42. The number of carboxylic acids is 1. The number of carbonyl (C=O) groups is 1. The summed E-state index contributed by atoms with van der Waals surface area (Å²) < 4.78 is 0. The molecule has 0 aromatic heterocycles. The standard InChI is InChI=1S/C16H28O4/c1-13(15(19)20)10-16(12-18)9-7-5-3-2-4-6-8-14(16)11-17/h10,14,17-18H,2-9,11-12H2,1H3,(H,19,20). The van der Waals surface area contributed by atoms with E-state index in [4.69, 9.17) is 5.11 Å². The number of rotatable bonds is 4.